The lowest BCUT2D eigenvalue weighted by Crippen LogP contribution is -2.47. The van der Waals surface area contributed by atoms with Gasteiger partial charge in [-0.05, 0) is 18.6 Å². The number of hydrogen-bond acceptors (Lipinski definition) is 5. The summed E-state index contributed by atoms with van der Waals surface area (Å²) < 4.78 is 11.7. The summed E-state index contributed by atoms with van der Waals surface area (Å²) in [5.41, 5.74) is 2.52. The zero-order valence-corrected chi connectivity index (χ0v) is 14.9. The largest absolute Gasteiger partial charge is 0.491 e. The summed E-state index contributed by atoms with van der Waals surface area (Å²) >= 11 is 0. The normalized spacial score (nSPS) is 19.5. The Morgan fingerprint density at radius 1 is 1.41 bits per heavy atom. The van der Waals surface area contributed by atoms with Crippen LogP contribution in [0.3, 0.4) is 0 Å². The van der Waals surface area contributed by atoms with Crippen LogP contribution < -0.4 is 4.74 Å². The van der Waals surface area contributed by atoms with Gasteiger partial charge < -0.3 is 19.4 Å². The highest BCUT2D eigenvalue weighted by atomic mass is 16.5. The van der Waals surface area contributed by atoms with Crippen LogP contribution in [0.25, 0.3) is 6.08 Å². The predicted octanol–water partition coefficient (Wildman–Crippen LogP) is 1.86. The molecule has 1 aromatic carbocycles. The lowest BCUT2D eigenvalue weighted by atomic mass is 10.1. The van der Waals surface area contributed by atoms with Crippen molar-refractivity contribution in [2.45, 2.75) is 18.9 Å². The molecule has 1 saturated heterocycles. The maximum atomic E-state index is 12.4. The van der Waals surface area contributed by atoms with Crippen molar-refractivity contribution in [1.29, 1.82) is 0 Å². The van der Waals surface area contributed by atoms with Crippen LogP contribution in [0.4, 0.5) is 0 Å². The van der Waals surface area contributed by atoms with Crippen LogP contribution in [0.5, 0.6) is 5.75 Å². The van der Waals surface area contributed by atoms with Crippen LogP contribution in [-0.2, 0) is 16.0 Å². The Bertz CT molecular complexity index is 860. The fourth-order valence-corrected chi connectivity index (χ4v) is 3.42. The third-order valence-electron chi connectivity index (χ3n) is 4.84. The molecule has 1 amide bonds. The molecule has 27 heavy (non-hydrogen) atoms. The Kier molecular flexibility index (Phi) is 5.02. The van der Waals surface area contributed by atoms with E-state index < -0.39 is 0 Å². The van der Waals surface area contributed by atoms with E-state index in [4.69, 9.17) is 9.47 Å². The van der Waals surface area contributed by atoms with Crippen LogP contribution in [0.1, 0.15) is 28.0 Å². The number of aromatic nitrogens is 2. The Balaban J connectivity index is 1.34. The highest BCUT2D eigenvalue weighted by molar-refractivity contribution is 6.01. The molecule has 2 aliphatic rings. The molecule has 0 radical (unpaired) electrons. The van der Waals surface area contributed by atoms with Gasteiger partial charge in [-0.2, -0.15) is 0 Å². The number of nitrogens with one attached hydrogen (secondary N) is 1. The number of fused-ring (bicyclic) bond motifs is 1. The Morgan fingerprint density at radius 3 is 3.19 bits per heavy atom. The molecule has 1 aliphatic heterocycles. The molecule has 0 spiro atoms. The van der Waals surface area contributed by atoms with E-state index in [1.165, 1.54) is 6.08 Å². The third kappa shape index (κ3) is 3.93. The molecule has 0 bridgehead atoms. The van der Waals surface area contributed by atoms with E-state index in [0.29, 0.717) is 32.7 Å². The van der Waals surface area contributed by atoms with Gasteiger partial charge in [0.25, 0.3) is 0 Å². The summed E-state index contributed by atoms with van der Waals surface area (Å²) in [5, 5.41) is 0. The fourth-order valence-electron chi connectivity index (χ4n) is 3.42. The SMILES string of the molecule is O=C1CCc2c(OCC3CN(C(=O)/C=C/c4cnc[nH]4)CCO3)cccc21. The topological polar surface area (TPSA) is 84.5 Å². The van der Waals surface area contributed by atoms with Gasteiger partial charge in [-0.25, -0.2) is 4.98 Å². The number of ether oxygens (including phenoxy) is 2. The van der Waals surface area contributed by atoms with Crippen molar-refractivity contribution in [3.63, 3.8) is 0 Å². The number of aromatic amines is 1. The molecule has 1 aliphatic carbocycles. The third-order valence-corrected chi connectivity index (χ3v) is 4.84. The highest BCUT2D eigenvalue weighted by Crippen LogP contribution is 2.30. The van der Waals surface area contributed by atoms with Gasteiger partial charge in [-0.1, -0.05) is 12.1 Å². The van der Waals surface area contributed by atoms with Gasteiger partial charge in [0, 0.05) is 30.2 Å². The molecule has 1 unspecified atom stereocenters. The van der Waals surface area contributed by atoms with Crippen molar-refractivity contribution >= 4 is 17.8 Å². The average Bonchev–Trinajstić information content (AvgIpc) is 3.35. The van der Waals surface area contributed by atoms with Gasteiger partial charge in [-0.3, -0.25) is 9.59 Å². The number of amides is 1. The second kappa shape index (κ2) is 7.75. The van der Waals surface area contributed by atoms with Crippen molar-refractivity contribution < 1.29 is 19.1 Å². The van der Waals surface area contributed by atoms with Gasteiger partial charge >= 0.3 is 0 Å². The minimum atomic E-state index is -0.198. The van der Waals surface area contributed by atoms with Gasteiger partial charge in [0.2, 0.25) is 5.91 Å². The number of ketones is 1. The number of carbonyl (C=O) groups is 2. The number of imidazole rings is 1. The second-order valence-corrected chi connectivity index (χ2v) is 6.63. The summed E-state index contributed by atoms with van der Waals surface area (Å²) in [5.74, 6) is 0.846. The molecular formula is C20H21N3O4. The molecule has 0 saturated carbocycles. The zero-order chi connectivity index (χ0) is 18.6. The Morgan fingerprint density at radius 2 is 2.33 bits per heavy atom. The lowest BCUT2D eigenvalue weighted by Gasteiger charge is -2.32. The minimum absolute atomic E-state index is 0.0656. The Hall–Kier alpha value is -2.93. The van der Waals surface area contributed by atoms with Crippen LogP contribution >= 0.6 is 0 Å². The first kappa shape index (κ1) is 17.5. The van der Waals surface area contributed by atoms with Gasteiger partial charge in [0.05, 0.1) is 31.4 Å². The van der Waals surface area contributed by atoms with Crippen molar-refractivity contribution in [3.05, 3.63) is 53.6 Å². The average molecular weight is 367 g/mol. The first-order chi connectivity index (χ1) is 13.2. The van der Waals surface area contributed by atoms with Gasteiger partial charge in [0.1, 0.15) is 18.5 Å². The van der Waals surface area contributed by atoms with Crippen molar-refractivity contribution in [1.82, 2.24) is 14.9 Å². The molecule has 1 fully saturated rings. The predicted molar refractivity (Wildman–Crippen MR) is 98.5 cm³/mol. The summed E-state index contributed by atoms with van der Waals surface area (Å²) in [7, 11) is 0. The van der Waals surface area contributed by atoms with E-state index in [1.807, 2.05) is 18.2 Å². The van der Waals surface area contributed by atoms with E-state index >= 15 is 0 Å². The number of H-pyrrole nitrogens is 1. The zero-order valence-electron chi connectivity index (χ0n) is 14.9. The molecular weight excluding hydrogens is 346 g/mol. The monoisotopic (exact) mass is 367 g/mol. The van der Waals surface area contributed by atoms with Crippen molar-refractivity contribution in [2.24, 2.45) is 0 Å². The van der Waals surface area contributed by atoms with E-state index in [1.54, 1.807) is 23.5 Å². The summed E-state index contributed by atoms with van der Waals surface area (Å²) in [6.45, 7) is 1.85. The van der Waals surface area contributed by atoms with E-state index in [-0.39, 0.29) is 17.8 Å². The minimum Gasteiger partial charge on any atom is -0.491 e. The number of nitrogens with zero attached hydrogens (tertiary/aromatic N) is 2. The fraction of sp³-hybridized carbons (Fsp3) is 0.350. The summed E-state index contributed by atoms with van der Waals surface area (Å²) in [6, 6.07) is 5.58. The standard InChI is InChI=1S/C20H21N3O4/c24-18-6-5-17-16(18)2-1-3-19(17)27-12-15-11-23(8-9-26-15)20(25)7-4-14-10-21-13-22-14/h1-4,7,10,13,15H,5-6,8-9,11-12H2,(H,21,22)/b7-4+. The van der Waals surface area contributed by atoms with Crippen LogP contribution in [0.15, 0.2) is 36.8 Å². The number of rotatable bonds is 5. The maximum Gasteiger partial charge on any atom is 0.246 e. The van der Waals surface area contributed by atoms with E-state index in [9.17, 15) is 9.59 Å². The van der Waals surface area contributed by atoms with E-state index in [0.717, 1.165) is 29.0 Å². The highest BCUT2D eigenvalue weighted by Gasteiger charge is 2.26. The lowest BCUT2D eigenvalue weighted by molar-refractivity contribution is -0.134. The molecule has 2 heterocycles. The molecule has 140 valence electrons. The number of hydrogen-bond donors (Lipinski definition) is 1. The molecule has 7 nitrogen and oxygen atoms in total. The molecule has 1 N–H and O–H groups in total. The number of carbonyl (C=O) groups excluding carboxylic acids is 2. The maximum absolute atomic E-state index is 12.4. The van der Waals surface area contributed by atoms with Gasteiger partial charge in [0.15, 0.2) is 5.78 Å². The van der Waals surface area contributed by atoms with Crippen LogP contribution in [0, 0.1) is 0 Å². The van der Waals surface area contributed by atoms with Gasteiger partial charge in [-0.15, -0.1) is 0 Å². The second-order valence-electron chi connectivity index (χ2n) is 6.63. The number of Topliss-reactive ketones (excluding diaryl/α,β-unsaturated/α-hetero) is 1. The molecule has 2 aromatic rings. The summed E-state index contributed by atoms with van der Waals surface area (Å²) in [4.78, 5) is 32.8. The number of benzene rings is 1. The van der Waals surface area contributed by atoms with Crippen LogP contribution in [0.2, 0.25) is 0 Å². The first-order valence-electron chi connectivity index (χ1n) is 9.05. The molecule has 1 aromatic heterocycles. The first-order valence-corrected chi connectivity index (χ1v) is 9.05. The quantitative estimate of drug-likeness (QED) is 0.816. The molecule has 7 heteroatoms. The summed E-state index contributed by atoms with van der Waals surface area (Å²) in [6.07, 6.45) is 7.53. The van der Waals surface area contributed by atoms with Crippen molar-refractivity contribution in [2.75, 3.05) is 26.3 Å². The molecule has 1 atom stereocenters. The number of morpholine rings is 1. The smallest absolute Gasteiger partial charge is 0.246 e. The van der Waals surface area contributed by atoms with Crippen LogP contribution in [-0.4, -0.2) is 59.0 Å². The Labute approximate surface area is 157 Å². The van der Waals surface area contributed by atoms with E-state index in [2.05, 4.69) is 9.97 Å². The molecule has 4 rings (SSSR count). The van der Waals surface area contributed by atoms with Crippen molar-refractivity contribution in [3.8, 4) is 5.75 Å².